The second-order valence-corrected chi connectivity index (χ2v) is 5.09. The van der Waals surface area contributed by atoms with Crippen LogP contribution in [0.2, 0.25) is 0 Å². The van der Waals surface area contributed by atoms with Crippen molar-refractivity contribution in [2.24, 2.45) is 0 Å². The molecule has 0 aliphatic rings. The highest BCUT2D eigenvalue weighted by atomic mass is 79.9. The number of anilines is 1. The SMILES string of the molecule is O=C(COc1ccc(CO)cc1Br)Nc1ccccc1F. The van der Waals surface area contributed by atoms with Gasteiger partial charge in [-0.2, -0.15) is 0 Å². The van der Waals surface area contributed by atoms with Crippen molar-refractivity contribution in [1.29, 1.82) is 0 Å². The number of aliphatic hydroxyl groups is 1. The van der Waals surface area contributed by atoms with E-state index in [1.54, 1.807) is 30.3 Å². The number of para-hydroxylation sites is 1. The highest BCUT2D eigenvalue weighted by Gasteiger charge is 2.09. The number of carbonyl (C=O) groups is 1. The molecule has 6 heteroatoms. The van der Waals surface area contributed by atoms with E-state index in [4.69, 9.17) is 9.84 Å². The van der Waals surface area contributed by atoms with Crippen molar-refractivity contribution < 1.29 is 19.0 Å². The molecule has 0 saturated heterocycles. The number of nitrogens with one attached hydrogen (secondary N) is 1. The summed E-state index contributed by atoms with van der Waals surface area (Å²) in [5.41, 5.74) is 0.839. The Morgan fingerprint density at radius 1 is 1.29 bits per heavy atom. The first-order chi connectivity index (χ1) is 10.1. The van der Waals surface area contributed by atoms with E-state index in [1.165, 1.54) is 12.1 Å². The molecule has 4 nitrogen and oxygen atoms in total. The van der Waals surface area contributed by atoms with Crippen LogP contribution < -0.4 is 10.1 Å². The van der Waals surface area contributed by atoms with Crippen LogP contribution >= 0.6 is 15.9 Å². The molecule has 1 amide bonds. The van der Waals surface area contributed by atoms with Crippen LogP contribution in [0.15, 0.2) is 46.9 Å². The number of rotatable bonds is 5. The third kappa shape index (κ3) is 4.27. The number of carbonyl (C=O) groups excluding carboxylic acids is 1. The first kappa shape index (κ1) is 15.5. The van der Waals surface area contributed by atoms with Gasteiger partial charge in [-0.1, -0.05) is 18.2 Å². The molecular weight excluding hydrogens is 341 g/mol. The Balaban J connectivity index is 1.94. The lowest BCUT2D eigenvalue weighted by atomic mass is 10.2. The molecule has 0 saturated carbocycles. The zero-order valence-electron chi connectivity index (χ0n) is 11.0. The summed E-state index contributed by atoms with van der Waals surface area (Å²) >= 11 is 3.29. The van der Waals surface area contributed by atoms with E-state index in [2.05, 4.69) is 21.2 Å². The van der Waals surface area contributed by atoms with E-state index in [9.17, 15) is 9.18 Å². The molecule has 2 rings (SSSR count). The van der Waals surface area contributed by atoms with Gasteiger partial charge in [0.25, 0.3) is 5.91 Å². The highest BCUT2D eigenvalue weighted by molar-refractivity contribution is 9.10. The zero-order valence-corrected chi connectivity index (χ0v) is 12.6. The monoisotopic (exact) mass is 353 g/mol. The van der Waals surface area contributed by atoms with Crippen LogP contribution in [-0.2, 0) is 11.4 Å². The highest BCUT2D eigenvalue weighted by Crippen LogP contribution is 2.26. The third-order valence-electron chi connectivity index (χ3n) is 2.69. The van der Waals surface area contributed by atoms with Gasteiger partial charge in [0, 0.05) is 0 Å². The number of amides is 1. The Bertz CT molecular complexity index is 649. The number of benzene rings is 2. The van der Waals surface area contributed by atoms with Gasteiger partial charge in [-0.25, -0.2) is 4.39 Å². The van der Waals surface area contributed by atoms with Gasteiger partial charge >= 0.3 is 0 Å². The number of ether oxygens (including phenoxy) is 1. The van der Waals surface area contributed by atoms with Crippen molar-refractivity contribution in [3.8, 4) is 5.75 Å². The third-order valence-corrected chi connectivity index (χ3v) is 3.31. The van der Waals surface area contributed by atoms with Gasteiger partial charge in [0.05, 0.1) is 16.8 Å². The molecule has 0 atom stereocenters. The lowest BCUT2D eigenvalue weighted by Crippen LogP contribution is -2.20. The average molecular weight is 354 g/mol. The molecule has 0 unspecified atom stereocenters. The number of aliphatic hydroxyl groups excluding tert-OH is 1. The molecule has 21 heavy (non-hydrogen) atoms. The summed E-state index contributed by atoms with van der Waals surface area (Å²) in [5.74, 6) is -0.492. The largest absolute Gasteiger partial charge is 0.483 e. The molecule has 0 aromatic heterocycles. The predicted octanol–water partition coefficient (Wildman–Crippen LogP) is 3.10. The fourth-order valence-corrected chi connectivity index (χ4v) is 2.19. The molecule has 0 aliphatic heterocycles. The van der Waals surface area contributed by atoms with Crippen molar-refractivity contribution in [3.05, 3.63) is 58.3 Å². The summed E-state index contributed by atoms with van der Waals surface area (Å²) < 4.78 is 19.4. The second-order valence-electron chi connectivity index (χ2n) is 4.24. The maximum Gasteiger partial charge on any atom is 0.262 e. The van der Waals surface area contributed by atoms with E-state index < -0.39 is 11.7 Å². The minimum atomic E-state index is -0.501. The van der Waals surface area contributed by atoms with E-state index in [1.807, 2.05) is 0 Å². The van der Waals surface area contributed by atoms with Gasteiger partial charge in [0.1, 0.15) is 11.6 Å². The molecule has 2 aromatic rings. The van der Waals surface area contributed by atoms with Crippen LogP contribution in [0, 0.1) is 5.82 Å². The number of hydrogen-bond acceptors (Lipinski definition) is 3. The van der Waals surface area contributed by atoms with E-state index in [0.717, 1.165) is 5.56 Å². The Kier molecular flexibility index (Phi) is 5.30. The van der Waals surface area contributed by atoms with Crippen LogP contribution in [0.1, 0.15) is 5.56 Å². The van der Waals surface area contributed by atoms with Gasteiger partial charge in [-0.3, -0.25) is 4.79 Å². The average Bonchev–Trinajstić information content (AvgIpc) is 2.48. The molecular formula is C15H13BrFNO3. The molecule has 0 heterocycles. The van der Waals surface area contributed by atoms with Gasteiger partial charge in [0.15, 0.2) is 6.61 Å². The topological polar surface area (TPSA) is 58.6 Å². The quantitative estimate of drug-likeness (QED) is 0.868. The Morgan fingerprint density at radius 2 is 2.05 bits per heavy atom. The maximum absolute atomic E-state index is 13.4. The summed E-state index contributed by atoms with van der Waals surface area (Å²) in [4.78, 5) is 11.7. The van der Waals surface area contributed by atoms with Gasteiger partial charge < -0.3 is 15.2 Å². The Hall–Kier alpha value is -1.92. The van der Waals surface area contributed by atoms with Crippen LogP contribution in [-0.4, -0.2) is 17.6 Å². The normalized spacial score (nSPS) is 10.2. The molecule has 2 N–H and O–H groups in total. The summed E-state index contributed by atoms with van der Waals surface area (Å²) in [7, 11) is 0. The van der Waals surface area contributed by atoms with E-state index in [-0.39, 0.29) is 18.9 Å². The van der Waals surface area contributed by atoms with Crippen LogP contribution in [0.25, 0.3) is 0 Å². The Morgan fingerprint density at radius 3 is 2.71 bits per heavy atom. The number of hydrogen-bond donors (Lipinski definition) is 2. The fraction of sp³-hybridized carbons (Fsp3) is 0.133. The predicted molar refractivity (Wildman–Crippen MR) is 80.6 cm³/mol. The van der Waals surface area contributed by atoms with Crippen LogP contribution in [0.5, 0.6) is 5.75 Å². The summed E-state index contributed by atoms with van der Waals surface area (Å²) in [6.45, 7) is -0.321. The van der Waals surface area contributed by atoms with Crippen LogP contribution in [0.3, 0.4) is 0 Å². The fourth-order valence-electron chi connectivity index (χ4n) is 1.65. The van der Waals surface area contributed by atoms with Crippen molar-refractivity contribution in [2.75, 3.05) is 11.9 Å². The first-order valence-corrected chi connectivity index (χ1v) is 6.96. The number of halogens is 2. The Labute approximate surface area is 129 Å². The smallest absolute Gasteiger partial charge is 0.262 e. The summed E-state index contributed by atoms with van der Waals surface area (Å²) in [6, 6.07) is 10.9. The van der Waals surface area contributed by atoms with Crippen molar-refractivity contribution in [2.45, 2.75) is 6.61 Å². The minimum Gasteiger partial charge on any atom is -0.483 e. The minimum absolute atomic E-state index is 0.0767. The first-order valence-electron chi connectivity index (χ1n) is 6.16. The molecule has 0 bridgehead atoms. The van der Waals surface area contributed by atoms with Crippen LogP contribution in [0.4, 0.5) is 10.1 Å². The van der Waals surface area contributed by atoms with Gasteiger partial charge in [0.2, 0.25) is 0 Å². The molecule has 2 aromatic carbocycles. The van der Waals surface area contributed by atoms with Crippen molar-refractivity contribution in [3.63, 3.8) is 0 Å². The second kappa shape index (κ2) is 7.19. The van der Waals surface area contributed by atoms with Gasteiger partial charge in [-0.15, -0.1) is 0 Å². The lowest BCUT2D eigenvalue weighted by Gasteiger charge is -2.10. The van der Waals surface area contributed by atoms with Gasteiger partial charge in [-0.05, 0) is 45.8 Å². The lowest BCUT2D eigenvalue weighted by molar-refractivity contribution is -0.118. The van der Waals surface area contributed by atoms with Crippen molar-refractivity contribution >= 4 is 27.5 Å². The van der Waals surface area contributed by atoms with Crippen molar-refractivity contribution in [1.82, 2.24) is 0 Å². The maximum atomic E-state index is 13.4. The molecule has 0 fully saturated rings. The molecule has 0 aliphatic carbocycles. The van der Waals surface area contributed by atoms with E-state index >= 15 is 0 Å². The zero-order chi connectivity index (χ0) is 15.2. The molecule has 0 radical (unpaired) electrons. The van der Waals surface area contributed by atoms with E-state index in [0.29, 0.717) is 10.2 Å². The molecule has 0 spiro atoms. The summed E-state index contributed by atoms with van der Waals surface area (Å²) in [5, 5.41) is 11.4. The summed E-state index contributed by atoms with van der Waals surface area (Å²) in [6.07, 6.45) is 0. The standard InChI is InChI=1S/C15H13BrFNO3/c16-11-7-10(8-19)5-6-14(11)21-9-15(20)18-13-4-2-1-3-12(13)17/h1-7,19H,8-9H2,(H,18,20). The molecule has 110 valence electrons.